The van der Waals surface area contributed by atoms with Crippen molar-refractivity contribution in [3.8, 4) is 0 Å². The van der Waals surface area contributed by atoms with E-state index in [0.29, 0.717) is 24.3 Å². The van der Waals surface area contributed by atoms with Gasteiger partial charge in [0.1, 0.15) is 5.52 Å². The predicted molar refractivity (Wildman–Crippen MR) is 114 cm³/mol. The Balaban J connectivity index is 1.35. The van der Waals surface area contributed by atoms with Crippen molar-refractivity contribution in [2.75, 3.05) is 26.2 Å². The molecule has 1 fully saturated rings. The zero-order valence-electron chi connectivity index (χ0n) is 16.5. The number of carbonyl (C=O) groups is 1. The van der Waals surface area contributed by atoms with Gasteiger partial charge in [0.15, 0.2) is 5.65 Å². The number of pyridine rings is 1. The summed E-state index contributed by atoms with van der Waals surface area (Å²) >= 11 is 0. The van der Waals surface area contributed by atoms with Crippen LogP contribution in [0.1, 0.15) is 17.2 Å². The van der Waals surface area contributed by atoms with Gasteiger partial charge in [-0.25, -0.2) is 9.78 Å². The molecule has 1 amide bonds. The highest BCUT2D eigenvalue weighted by atomic mass is 16.2. The fraction of sp³-hybridized carbons (Fsp3) is 0.217. The van der Waals surface area contributed by atoms with Gasteiger partial charge in [0.05, 0.1) is 6.04 Å². The van der Waals surface area contributed by atoms with Crippen LogP contribution in [0.25, 0.3) is 11.2 Å². The molecule has 1 aliphatic rings. The lowest BCUT2D eigenvalue weighted by Crippen LogP contribution is -2.51. The summed E-state index contributed by atoms with van der Waals surface area (Å²) < 4.78 is 1.30. The maximum atomic E-state index is 13.0. The van der Waals surface area contributed by atoms with Crippen molar-refractivity contribution >= 4 is 17.2 Å². The second kappa shape index (κ2) is 8.04. The molecule has 7 nitrogen and oxygen atoms in total. The van der Waals surface area contributed by atoms with Crippen molar-refractivity contribution in [1.29, 1.82) is 0 Å². The lowest BCUT2D eigenvalue weighted by Gasteiger charge is -2.39. The second-order valence-electron chi connectivity index (χ2n) is 7.38. The highest BCUT2D eigenvalue weighted by Gasteiger charge is 2.29. The summed E-state index contributed by atoms with van der Waals surface area (Å²) in [6.45, 7) is 2.81. The van der Waals surface area contributed by atoms with Crippen LogP contribution < -0.4 is 0 Å². The largest absolute Gasteiger partial charge is 0.348 e. The van der Waals surface area contributed by atoms with E-state index >= 15 is 0 Å². The van der Waals surface area contributed by atoms with Crippen LogP contribution in [-0.4, -0.2) is 62.0 Å². The molecule has 0 aliphatic carbocycles. The number of fused-ring (bicyclic) bond motifs is 1. The Morgan fingerprint density at radius 1 is 0.800 bits per heavy atom. The van der Waals surface area contributed by atoms with Gasteiger partial charge in [-0.05, 0) is 23.3 Å². The van der Waals surface area contributed by atoms with E-state index in [-0.39, 0.29) is 12.1 Å². The minimum atomic E-state index is -0.174. The van der Waals surface area contributed by atoms with E-state index in [1.807, 2.05) is 17.0 Å². The number of amides is 1. The van der Waals surface area contributed by atoms with E-state index in [0.717, 1.165) is 13.1 Å². The predicted octanol–water partition coefficient (Wildman–Crippen LogP) is 3.20. The van der Waals surface area contributed by atoms with Crippen LogP contribution in [-0.2, 0) is 0 Å². The van der Waals surface area contributed by atoms with Crippen LogP contribution in [0.5, 0.6) is 0 Å². The Kier molecular flexibility index (Phi) is 4.94. The van der Waals surface area contributed by atoms with Gasteiger partial charge in [-0.3, -0.25) is 4.90 Å². The van der Waals surface area contributed by atoms with E-state index in [4.69, 9.17) is 0 Å². The van der Waals surface area contributed by atoms with Gasteiger partial charge in [0.25, 0.3) is 0 Å². The summed E-state index contributed by atoms with van der Waals surface area (Å²) in [7, 11) is 0. The number of hydrogen-bond donors (Lipinski definition) is 0. The summed E-state index contributed by atoms with van der Waals surface area (Å²) in [4.78, 5) is 21.5. The van der Waals surface area contributed by atoms with Crippen molar-refractivity contribution < 1.29 is 4.79 Å². The molecule has 0 unspecified atom stereocenters. The van der Waals surface area contributed by atoms with Gasteiger partial charge in [-0.15, -0.1) is 9.78 Å². The Morgan fingerprint density at radius 2 is 1.43 bits per heavy atom. The number of benzene rings is 2. The minimum Gasteiger partial charge on any atom is -0.320 e. The van der Waals surface area contributed by atoms with Crippen LogP contribution in [0.4, 0.5) is 4.79 Å². The normalized spacial score (nSPS) is 15.0. The third-order valence-electron chi connectivity index (χ3n) is 5.57. The lowest BCUT2D eigenvalue weighted by atomic mass is 9.96. The topological polar surface area (TPSA) is 67.2 Å². The first-order chi connectivity index (χ1) is 14.8. The third-order valence-corrected chi connectivity index (χ3v) is 5.57. The summed E-state index contributed by atoms with van der Waals surface area (Å²) in [5, 5.41) is 8.07. The minimum absolute atomic E-state index is 0.165. The Morgan fingerprint density at radius 3 is 2.07 bits per heavy atom. The molecule has 2 aromatic heterocycles. The van der Waals surface area contributed by atoms with Crippen LogP contribution in [0.15, 0.2) is 79.0 Å². The molecule has 3 heterocycles. The average Bonchev–Trinajstić information content (AvgIpc) is 3.25. The highest BCUT2D eigenvalue weighted by molar-refractivity contribution is 5.85. The molecule has 4 aromatic rings. The zero-order valence-corrected chi connectivity index (χ0v) is 16.5. The van der Waals surface area contributed by atoms with E-state index in [1.54, 1.807) is 18.3 Å². The Hall–Kier alpha value is -3.58. The second-order valence-corrected chi connectivity index (χ2v) is 7.38. The van der Waals surface area contributed by atoms with E-state index in [1.165, 1.54) is 15.8 Å². The van der Waals surface area contributed by atoms with E-state index in [2.05, 4.69) is 68.7 Å². The molecule has 0 N–H and O–H groups in total. The quantitative estimate of drug-likeness (QED) is 0.530. The summed E-state index contributed by atoms with van der Waals surface area (Å²) in [6.07, 6.45) is 1.65. The standard InChI is InChI=1S/C23H22N6O/c30-23(29-22-20(25-26-29)12-7-13-24-22)28-16-14-27(15-17-28)21(18-8-3-1-4-9-18)19-10-5-2-6-11-19/h1-13,21H,14-17H2. The molecule has 0 spiro atoms. The van der Waals surface area contributed by atoms with E-state index < -0.39 is 0 Å². The van der Waals surface area contributed by atoms with Crippen LogP contribution in [0.3, 0.4) is 0 Å². The van der Waals surface area contributed by atoms with Crippen molar-refractivity contribution in [2.24, 2.45) is 0 Å². The molecule has 7 heteroatoms. The van der Waals surface area contributed by atoms with Gasteiger partial charge in [-0.2, -0.15) is 0 Å². The molecule has 0 saturated carbocycles. The molecule has 2 aromatic carbocycles. The van der Waals surface area contributed by atoms with Gasteiger partial charge in [0, 0.05) is 32.4 Å². The monoisotopic (exact) mass is 398 g/mol. The summed E-state index contributed by atoms with van der Waals surface area (Å²) in [5.74, 6) is 0. The molecule has 150 valence electrons. The highest BCUT2D eigenvalue weighted by Crippen LogP contribution is 2.29. The number of carbonyl (C=O) groups excluding carboxylic acids is 1. The van der Waals surface area contributed by atoms with Crippen molar-refractivity contribution in [2.45, 2.75) is 6.04 Å². The van der Waals surface area contributed by atoms with Crippen molar-refractivity contribution in [3.05, 3.63) is 90.1 Å². The molecule has 0 bridgehead atoms. The number of piperazine rings is 1. The van der Waals surface area contributed by atoms with Crippen LogP contribution >= 0.6 is 0 Å². The SMILES string of the molecule is O=C(N1CCN(C(c2ccccc2)c2ccccc2)CC1)n1nnc2cccnc21. The Labute approximate surface area is 174 Å². The maximum absolute atomic E-state index is 13.0. The number of nitrogens with zero attached hydrogens (tertiary/aromatic N) is 6. The third kappa shape index (κ3) is 3.44. The van der Waals surface area contributed by atoms with E-state index in [9.17, 15) is 4.79 Å². The number of rotatable bonds is 3. The smallest absolute Gasteiger partial charge is 0.320 e. The first-order valence-electron chi connectivity index (χ1n) is 10.1. The number of aromatic nitrogens is 4. The average molecular weight is 398 g/mol. The van der Waals surface area contributed by atoms with Crippen LogP contribution in [0.2, 0.25) is 0 Å². The summed E-state index contributed by atoms with van der Waals surface area (Å²) in [5.41, 5.74) is 3.64. The fourth-order valence-electron chi connectivity index (χ4n) is 4.08. The zero-order chi connectivity index (χ0) is 20.3. The Bertz CT molecular complexity index is 1100. The van der Waals surface area contributed by atoms with Crippen molar-refractivity contribution in [1.82, 2.24) is 29.8 Å². The molecule has 1 saturated heterocycles. The first kappa shape index (κ1) is 18.4. The van der Waals surface area contributed by atoms with Gasteiger partial charge >= 0.3 is 6.03 Å². The van der Waals surface area contributed by atoms with Crippen LogP contribution in [0, 0.1) is 0 Å². The molecule has 30 heavy (non-hydrogen) atoms. The van der Waals surface area contributed by atoms with Gasteiger partial charge < -0.3 is 4.90 Å². The summed E-state index contributed by atoms with van der Waals surface area (Å²) in [6, 6.07) is 24.7. The first-order valence-corrected chi connectivity index (χ1v) is 10.1. The fourth-order valence-corrected chi connectivity index (χ4v) is 4.08. The molecular formula is C23H22N6O. The molecule has 0 atom stereocenters. The van der Waals surface area contributed by atoms with Gasteiger partial charge in [-0.1, -0.05) is 65.9 Å². The number of hydrogen-bond acceptors (Lipinski definition) is 5. The molecule has 0 radical (unpaired) electrons. The molecule has 5 rings (SSSR count). The molecular weight excluding hydrogens is 376 g/mol. The van der Waals surface area contributed by atoms with Gasteiger partial charge in [0.2, 0.25) is 0 Å². The molecule has 1 aliphatic heterocycles. The maximum Gasteiger partial charge on any atom is 0.348 e. The van der Waals surface area contributed by atoms with Crippen molar-refractivity contribution in [3.63, 3.8) is 0 Å². The lowest BCUT2D eigenvalue weighted by molar-refractivity contribution is 0.120.